The van der Waals surface area contributed by atoms with Crippen molar-refractivity contribution in [2.45, 2.75) is 42.8 Å². The number of nitrogens with zero attached hydrogens (tertiary/aromatic N) is 5. The van der Waals surface area contributed by atoms with E-state index in [0.29, 0.717) is 29.5 Å². The maximum atomic E-state index is 13.5. The minimum absolute atomic E-state index is 0.125. The van der Waals surface area contributed by atoms with Crippen molar-refractivity contribution in [1.82, 2.24) is 35.5 Å². The highest BCUT2D eigenvalue weighted by molar-refractivity contribution is 7.99. The number of urea groups is 1. The first kappa shape index (κ1) is 23.0. The first-order chi connectivity index (χ1) is 17.0. The molecule has 35 heavy (non-hydrogen) atoms. The Kier molecular flexibility index (Phi) is 6.20. The lowest BCUT2D eigenvalue weighted by Gasteiger charge is -2.30. The lowest BCUT2D eigenvalue weighted by atomic mass is 9.82. The van der Waals surface area contributed by atoms with E-state index in [-0.39, 0.29) is 11.6 Å². The zero-order valence-corrected chi connectivity index (χ0v) is 19.4. The van der Waals surface area contributed by atoms with Gasteiger partial charge in [0.2, 0.25) is 5.91 Å². The summed E-state index contributed by atoms with van der Waals surface area (Å²) >= 11 is 1.08. The summed E-state index contributed by atoms with van der Waals surface area (Å²) in [5.74, 6) is -0.972. The molecule has 3 heterocycles. The lowest BCUT2D eigenvalue weighted by Crippen LogP contribution is -2.51. The van der Waals surface area contributed by atoms with Crippen molar-refractivity contribution in [2.24, 2.45) is 0 Å². The lowest BCUT2D eigenvalue weighted by molar-refractivity contribution is -0.139. The number of hydrogen-bond acceptors (Lipinski definition) is 7. The number of carbonyl (C=O) groups excluding carboxylic acids is 3. The Labute approximate surface area is 204 Å². The van der Waals surface area contributed by atoms with E-state index >= 15 is 0 Å². The molecule has 3 aromatic rings. The van der Waals surface area contributed by atoms with Gasteiger partial charge in [0.25, 0.3) is 5.91 Å². The Morgan fingerprint density at radius 3 is 2.49 bits per heavy atom. The van der Waals surface area contributed by atoms with E-state index in [4.69, 9.17) is 0 Å². The van der Waals surface area contributed by atoms with Crippen LogP contribution >= 0.6 is 11.8 Å². The average molecular weight is 496 g/mol. The molecule has 1 aromatic carbocycles. The second kappa shape index (κ2) is 9.45. The summed E-state index contributed by atoms with van der Waals surface area (Å²) in [5.41, 5.74) is 2.85. The van der Waals surface area contributed by atoms with Crippen molar-refractivity contribution in [3.8, 4) is 17.1 Å². The van der Waals surface area contributed by atoms with Crippen molar-refractivity contribution in [2.75, 3.05) is 5.75 Å². The average Bonchev–Trinajstić information content (AvgIpc) is 3.39. The highest BCUT2D eigenvalue weighted by Crippen LogP contribution is 2.33. The normalized spacial score (nSPS) is 17.0. The van der Waals surface area contributed by atoms with Crippen LogP contribution in [-0.2, 0) is 9.59 Å². The third-order valence-electron chi connectivity index (χ3n) is 6.09. The number of halogens is 1. The largest absolute Gasteiger partial charge is 0.344 e. The number of pyridine rings is 1. The summed E-state index contributed by atoms with van der Waals surface area (Å²) < 4.78 is 15.2. The number of amides is 4. The fourth-order valence-corrected chi connectivity index (χ4v) is 5.12. The number of hydrogen-bond donors (Lipinski definition) is 2. The quantitative estimate of drug-likeness (QED) is 0.398. The summed E-state index contributed by atoms with van der Waals surface area (Å²) in [7, 11) is 0. The number of aromatic nitrogens is 4. The molecule has 1 saturated heterocycles. The van der Waals surface area contributed by atoms with Gasteiger partial charge in [-0.1, -0.05) is 31.0 Å². The molecule has 2 fully saturated rings. The van der Waals surface area contributed by atoms with Crippen LogP contribution in [0.4, 0.5) is 9.18 Å². The summed E-state index contributed by atoms with van der Waals surface area (Å²) in [6, 6.07) is 8.74. The molecule has 1 aliphatic heterocycles. The monoisotopic (exact) mass is 495 g/mol. The Morgan fingerprint density at radius 1 is 1.06 bits per heavy atom. The molecule has 2 aliphatic rings. The molecule has 10 nitrogen and oxygen atoms in total. The summed E-state index contributed by atoms with van der Waals surface area (Å²) in [4.78, 5) is 42.0. The summed E-state index contributed by atoms with van der Waals surface area (Å²) in [6.07, 6.45) is 7.09. The van der Waals surface area contributed by atoms with Gasteiger partial charge >= 0.3 is 6.03 Å². The van der Waals surface area contributed by atoms with E-state index in [1.165, 1.54) is 12.1 Å². The van der Waals surface area contributed by atoms with E-state index in [2.05, 4.69) is 25.9 Å². The van der Waals surface area contributed by atoms with Crippen LogP contribution in [0, 0.1) is 5.82 Å². The standard InChI is InChI=1S/C23H22FN7O3S/c24-16-4-6-17(7-5-16)30-19(15-8-12-25-13-9-15)27-28-22(30)35-14-18(32)29-31-20(33)23(26-21(31)34)10-2-1-3-11-23/h4-9,12-13H,1-3,10-11,14H2,(H,26,34)(H,29,32). The van der Waals surface area contributed by atoms with Gasteiger partial charge in [-0.15, -0.1) is 10.2 Å². The van der Waals surface area contributed by atoms with Crippen LogP contribution in [0.3, 0.4) is 0 Å². The Morgan fingerprint density at radius 2 is 1.77 bits per heavy atom. The van der Waals surface area contributed by atoms with E-state index in [0.717, 1.165) is 41.6 Å². The topological polar surface area (TPSA) is 122 Å². The van der Waals surface area contributed by atoms with Gasteiger partial charge < -0.3 is 5.32 Å². The Hall–Kier alpha value is -3.80. The van der Waals surface area contributed by atoms with Gasteiger partial charge in [0, 0.05) is 23.6 Å². The van der Waals surface area contributed by atoms with Gasteiger partial charge in [-0.3, -0.25) is 24.6 Å². The number of rotatable bonds is 6. The summed E-state index contributed by atoms with van der Waals surface area (Å²) in [6.45, 7) is 0. The second-order valence-electron chi connectivity index (χ2n) is 8.39. The van der Waals surface area contributed by atoms with E-state index in [1.54, 1.807) is 41.2 Å². The van der Waals surface area contributed by atoms with E-state index in [1.807, 2.05) is 0 Å². The predicted octanol–water partition coefficient (Wildman–Crippen LogP) is 2.85. The van der Waals surface area contributed by atoms with E-state index in [9.17, 15) is 18.8 Å². The zero-order chi connectivity index (χ0) is 24.4. The van der Waals surface area contributed by atoms with Gasteiger partial charge in [0.05, 0.1) is 5.75 Å². The van der Waals surface area contributed by atoms with Gasteiger partial charge in [0.1, 0.15) is 11.4 Å². The summed E-state index contributed by atoms with van der Waals surface area (Å²) in [5, 5.41) is 12.4. The molecule has 1 spiro atoms. The van der Waals surface area contributed by atoms with Crippen molar-refractivity contribution in [3.63, 3.8) is 0 Å². The maximum Gasteiger partial charge on any atom is 0.344 e. The van der Waals surface area contributed by atoms with Crippen molar-refractivity contribution in [1.29, 1.82) is 0 Å². The zero-order valence-electron chi connectivity index (χ0n) is 18.6. The third kappa shape index (κ3) is 4.48. The minimum Gasteiger partial charge on any atom is -0.322 e. The molecule has 0 atom stereocenters. The molecule has 12 heteroatoms. The number of carbonyl (C=O) groups is 3. The molecule has 0 radical (unpaired) electrons. The highest BCUT2D eigenvalue weighted by Gasteiger charge is 2.52. The van der Waals surface area contributed by atoms with Crippen LogP contribution in [0.25, 0.3) is 17.1 Å². The van der Waals surface area contributed by atoms with Gasteiger partial charge in [-0.2, -0.15) is 5.01 Å². The SMILES string of the molecule is O=C(CSc1nnc(-c2ccncc2)n1-c1ccc(F)cc1)NN1C(=O)NC2(CCCCC2)C1=O. The molecule has 1 aliphatic carbocycles. The van der Waals surface area contributed by atoms with Crippen LogP contribution in [0.5, 0.6) is 0 Å². The molecule has 2 aromatic heterocycles. The van der Waals surface area contributed by atoms with Crippen molar-refractivity contribution >= 4 is 29.6 Å². The third-order valence-corrected chi connectivity index (χ3v) is 7.02. The molecule has 5 rings (SSSR count). The Balaban J connectivity index is 1.33. The minimum atomic E-state index is -0.919. The first-order valence-corrected chi connectivity index (χ1v) is 12.2. The smallest absolute Gasteiger partial charge is 0.322 e. The Bertz CT molecular complexity index is 1260. The molecule has 0 unspecified atom stereocenters. The van der Waals surface area contributed by atoms with Crippen LogP contribution in [0.1, 0.15) is 32.1 Å². The van der Waals surface area contributed by atoms with Gasteiger partial charge in [-0.25, -0.2) is 9.18 Å². The molecule has 180 valence electrons. The number of nitrogens with one attached hydrogen (secondary N) is 2. The van der Waals surface area contributed by atoms with E-state index < -0.39 is 23.4 Å². The number of benzene rings is 1. The van der Waals surface area contributed by atoms with Crippen LogP contribution in [0.2, 0.25) is 0 Å². The molecule has 0 bridgehead atoms. The predicted molar refractivity (Wildman–Crippen MR) is 125 cm³/mol. The van der Waals surface area contributed by atoms with Crippen LogP contribution in [0.15, 0.2) is 53.9 Å². The maximum absolute atomic E-state index is 13.5. The van der Waals surface area contributed by atoms with Crippen LogP contribution < -0.4 is 10.7 Å². The van der Waals surface area contributed by atoms with Gasteiger partial charge in [-0.05, 0) is 49.2 Å². The number of imide groups is 1. The number of hydrazine groups is 1. The van der Waals surface area contributed by atoms with Crippen LogP contribution in [-0.4, -0.2) is 53.9 Å². The molecular weight excluding hydrogens is 473 g/mol. The molecular formula is C23H22FN7O3S. The van der Waals surface area contributed by atoms with Crippen molar-refractivity contribution < 1.29 is 18.8 Å². The van der Waals surface area contributed by atoms with Gasteiger partial charge in [0.15, 0.2) is 11.0 Å². The molecule has 2 N–H and O–H groups in total. The second-order valence-corrected chi connectivity index (χ2v) is 9.33. The highest BCUT2D eigenvalue weighted by atomic mass is 32.2. The fourth-order valence-electron chi connectivity index (χ4n) is 4.38. The fraction of sp³-hybridized carbons (Fsp3) is 0.304. The number of thioether (sulfide) groups is 1. The first-order valence-electron chi connectivity index (χ1n) is 11.2. The molecule has 1 saturated carbocycles. The molecule has 4 amide bonds. The van der Waals surface area contributed by atoms with Crippen molar-refractivity contribution in [3.05, 3.63) is 54.6 Å².